The molecule has 140 heavy (non-hydrogen) atoms. The molecular weight excluding hydrogens is 1820 g/mol. The summed E-state index contributed by atoms with van der Waals surface area (Å²) in [4.78, 5) is 150. The van der Waals surface area contributed by atoms with Crippen molar-refractivity contribution in [3.8, 4) is 17.6 Å². The number of anilines is 2. The second kappa shape index (κ2) is 57.0. The number of nitrogens with zero attached hydrogens (tertiary/aromatic N) is 1. The normalized spacial score (nSPS) is 23.3. The van der Waals surface area contributed by atoms with Gasteiger partial charge in [0.25, 0.3) is 0 Å². The minimum Gasteiger partial charge on any atom is -0.486 e. The van der Waals surface area contributed by atoms with E-state index in [0.717, 1.165) is 54.1 Å². The number of unbranched alkanes of at least 4 members (excludes halogenated alkanes) is 1. The molecule has 0 spiro atoms. The van der Waals surface area contributed by atoms with Gasteiger partial charge in [-0.25, -0.2) is 13.6 Å². The Labute approximate surface area is 819 Å². The van der Waals surface area contributed by atoms with E-state index in [1.54, 1.807) is 25.7 Å². The number of carbonyl (C=O) groups is 11. The Hall–Kier alpha value is -10.4. The van der Waals surface area contributed by atoms with Gasteiger partial charge in [-0.3, -0.25) is 47.9 Å². The first-order valence-corrected chi connectivity index (χ1v) is 49.6. The van der Waals surface area contributed by atoms with Gasteiger partial charge in [-0.2, -0.15) is 0 Å². The fraction of sp³-hybridized carbons (Fsp3) is 0.637. The molecule has 1 saturated heterocycles. The van der Waals surface area contributed by atoms with Crippen molar-refractivity contribution in [3.63, 3.8) is 0 Å². The topological polar surface area (TPSA) is 482 Å². The predicted molar refractivity (Wildman–Crippen MR) is 515 cm³/mol. The Morgan fingerprint density at radius 3 is 1.88 bits per heavy atom. The molecule has 2 heterocycles. The van der Waals surface area contributed by atoms with Crippen LogP contribution in [0.2, 0.25) is 0 Å². The smallest absolute Gasteiger partial charge is 0.312 e. The van der Waals surface area contributed by atoms with E-state index >= 15 is 13.6 Å². The number of benzene rings is 3. The highest BCUT2D eigenvalue weighted by molar-refractivity contribution is 6.02. The molecule has 5 aliphatic carbocycles. The number of aliphatic hydroxyl groups is 1. The number of ketones is 2. The van der Waals surface area contributed by atoms with E-state index in [-0.39, 0.29) is 172 Å². The Morgan fingerprint density at radius 1 is 0.607 bits per heavy atom. The van der Waals surface area contributed by atoms with E-state index in [4.69, 9.17) is 68.3 Å². The minimum absolute atomic E-state index is 0.000116. The summed E-state index contributed by atoms with van der Waals surface area (Å²) in [5.41, 5.74) is 9.81. The molecule has 772 valence electrons. The molecule has 2 unspecified atom stereocenters. The molecule has 3 saturated carbocycles. The molecule has 14 atom stereocenters. The molecule has 2 aliphatic heterocycles. The van der Waals surface area contributed by atoms with Crippen LogP contribution in [0, 0.1) is 40.4 Å². The lowest BCUT2D eigenvalue weighted by Crippen LogP contribution is -2.71. The number of fused-ring (bicyclic) bond motifs is 9. The highest BCUT2D eigenvalue weighted by atomic mass is 19.1. The third-order valence-corrected chi connectivity index (χ3v) is 26.7. The molecule has 0 bridgehead atoms. The zero-order valence-corrected chi connectivity index (χ0v) is 81.8. The highest BCUT2D eigenvalue weighted by Gasteiger charge is 2.80. The van der Waals surface area contributed by atoms with Crippen molar-refractivity contribution in [3.05, 3.63) is 125 Å². The molecule has 3 aromatic rings. The zero-order chi connectivity index (χ0) is 100. The zero-order valence-electron chi connectivity index (χ0n) is 81.8. The maximum atomic E-state index is 18.2. The summed E-state index contributed by atoms with van der Waals surface area (Å²) >= 11 is 0. The standard InChI is InChI=1S/C102H146F2N12O24/c1-7-19-92-139-86-63-75-76-62-78(103)77-61-73(117)36-39-99(77,5)101(76,104)84(118)64-100(75,6)102(86,140-92)85(119)66-137-74-32-30-72(31-33-74)112-95(125)81(25-18-42-111-98(106)128)114-97(127)94(68(3)4)115-96(126)80(24-16-17-41-109-90(123)67-138-83-27-11-9-10-23-79(93(83)105)107-43-47-131-51-55-135-59-57-133-53-49-129-45-37-88(121)108-40-8-2)113-89(122)38-46-130-50-54-134-58-60-136-56-52-132-48-44-110-87(120)34-35-91(124)116-65-71-22-13-12-20-69(71)28-29-70-21-14-15-26-82(70)116/h12-15,20-22,26,30-33,36,39,61,68,75-76,78,80-81,83-84,86,92,94,107,118H,7-11,16-19,23-25,27,34-35,37-38,40-60,62-67,105H2,1-6H3,(H,108,121)(H,109,123)(H,110,120)(H,112,125)(H,113,122)(H,114,127)(H,115,126)(H3,106,111,128)/t75-,76-,78-,80+,81-,83?,84-,86+,92?,94-,99-,100-,101-,102+/m0/s1. The molecule has 7 aliphatic rings. The van der Waals surface area contributed by atoms with Crippen LogP contribution in [0.15, 0.2) is 108 Å². The number of nitrogens with one attached hydrogen (secondary N) is 9. The van der Waals surface area contributed by atoms with E-state index < -0.39 is 142 Å². The second-order valence-electron chi connectivity index (χ2n) is 37.0. The number of hydrogen-bond acceptors (Lipinski definition) is 26. The molecule has 10 rings (SSSR count). The maximum absolute atomic E-state index is 18.2. The number of allylic oxidation sites excluding steroid dienone is 5. The monoisotopic (exact) mass is 1960 g/mol. The average molecular weight is 1960 g/mol. The Kier molecular flexibility index (Phi) is 45.4. The number of aliphatic hydroxyl groups excluding tert-OH is 1. The van der Waals surface area contributed by atoms with Gasteiger partial charge >= 0.3 is 6.03 Å². The van der Waals surface area contributed by atoms with E-state index in [2.05, 4.69) is 59.7 Å². The lowest BCUT2D eigenvalue weighted by atomic mass is 9.44. The van der Waals surface area contributed by atoms with Crippen molar-refractivity contribution in [2.24, 2.45) is 40.1 Å². The van der Waals surface area contributed by atoms with E-state index in [0.29, 0.717) is 129 Å². The van der Waals surface area contributed by atoms with Crippen molar-refractivity contribution >= 4 is 76.2 Å². The van der Waals surface area contributed by atoms with Gasteiger partial charge in [0.2, 0.25) is 53.0 Å². The fourth-order valence-corrected chi connectivity index (χ4v) is 19.4. The number of ether oxygens (including phenoxy) is 12. The highest BCUT2D eigenvalue weighted by Crippen LogP contribution is 2.72. The van der Waals surface area contributed by atoms with Crippen molar-refractivity contribution < 1.29 is 123 Å². The Balaban J connectivity index is 0.678. The first kappa shape index (κ1) is 112. The summed E-state index contributed by atoms with van der Waals surface area (Å²) < 4.78 is 105. The van der Waals surface area contributed by atoms with Gasteiger partial charge in [0.15, 0.2) is 23.3 Å². The Bertz CT molecular complexity index is 4750. The van der Waals surface area contributed by atoms with Gasteiger partial charge in [0.1, 0.15) is 43.3 Å². The number of halogens is 2. The van der Waals surface area contributed by atoms with Gasteiger partial charge in [-0.15, -0.1) is 0 Å². The molecule has 38 heteroatoms. The number of carbonyl (C=O) groups excluding carboxylic acids is 11. The summed E-state index contributed by atoms with van der Waals surface area (Å²) in [6, 6.07) is 16.6. The van der Waals surface area contributed by atoms with Gasteiger partial charge in [0.05, 0.1) is 142 Å². The van der Waals surface area contributed by atoms with Crippen LogP contribution >= 0.6 is 0 Å². The second-order valence-corrected chi connectivity index (χ2v) is 37.0. The summed E-state index contributed by atoms with van der Waals surface area (Å²) in [6.07, 6.45) is 4.56. The SMILES string of the molecule is CCCNC(=O)CCOCCOCCOCCOCCNC1=C(N)C(OCC(=O)NCCCC[C@@H](NC(=O)CCOCCOCCOCCOCCNC(=O)CCC(=O)N2Cc3ccccc3C#Cc3ccccc32)C(=O)N[C@H](C(=O)N[C@@H](CCCNC(N)=O)C(=O)Nc2ccc(OCC(=O)[C@@]34OC(CCC)O[C@@H]3C[C@H]3[C@@H]5C[C@H](F)C6=CC(=O)C=C[C@]6(C)[C@@]5(F)[C@@H](O)C[C@@]34C)cc2)C(C)C)CCCCC1. The lowest BCUT2D eigenvalue weighted by molar-refractivity contribution is -0.234. The van der Waals surface area contributed by atoms with Crippen LogP contribution in [-0.2, 0) is 107 Å². The van der Waals surface area contributed by atoms with Crippen LogP contribution in [0.25, 0.3) is 0 Å². The number of primary amides is 1. The Morgan fingerprint density at radius 2 is 1.21 bits per heavy atom. The van der Waals surface area contributed by atoms with Crippen LogP contribution < -0.4 is 69.0 Å². The van der Waals surface area contributed by atoms with Crippen molar-refractivity contribution in [2.75, 3.05) is 162 Å². The minimum atomic E-state index is -2.40. The summed E-state index contributed by atoms with van der Waals surface area (Å²) in [5.74, 6) is -0.415. The van der Waals surface area contributed by atoms with Gasteiger partial charge in [-0.1, -0.05) is 102 Å². The van der Waals surface area contributed by atoms with Gasteiger partial charge in [0, 0.05) is 97.7 Å². The largest absolute Gasteiger partial charge is 0.486 e. The molecule has 10 amide bonds. The van der Waals surface area contributed by atoms with E-state index in [1.807, 2.05) is 62.4 Å². The van der Waals surface area contributed by atoms with Gasteiger partial charge in [-0.05, 0) is 168 Å². The molecule has 36 nitrogen and oxygen atoms in total. The molecule has 14 N–H and O–H groups in total. The van der Waals surface area contributed by atoms with Crippen molar-refractivity contribution in [1.82, 2.24) is 42.5 Å². The summed E-state index contributed by atoms with van der Waals surface area (Å²) in [7, 11) is 0. The summed E-state index contributed by atoms with van der Waals surface area (Å²) in [6.45, 7) is 16.1. The number of urea groups is 1. The first-order chi connectivity index (χ1) is 67.5. The predicted octanol–water partition coefficient (Wildman–Crippen LogP) is 7.02. The number of alkyl halides is 2. The number of Topliss-reactive ketones (excluding diaryl/α,β-unsaturated/α-hetero) is 1. The van der Waals surface area contributed by atoms with E-state index in [9.17, 15) is 53.1 Å². The molecule has 3 aromatic carbocycles. The first-order valence-electron chi connectivity index (χ1n) is 49.6. The number of amides is 10. The summed E-state index contributed by atoms with van der Waals surface area (Å²) in [5, 5.41) is 37.7. The molecular formula is C102H146F2N12O24. The van der Waals surface area contributed by atoms with Gasteiger partial charge < -0.3 is 126 Å². The number of para-hydroxylation sites is 1. The van der Waals surface area contributed by atoms with Crippen LogP contribution in [0.5, 0.6) is 5.75 Å². The van der Waals surface area contributed by atoms with Crippen LogP contribution in [0.3, 0.4) is 0 Å². The van der Waals surface area contributed by atoms with Crippen molar-refractivity contribution in [1.29, 1.82) is 0 Å². The number of rotatable bonds is 62. The van der Waals surface area contributed by atoms with Crippen LogP contribution in [-0.4, -0.2) is 282 Å². The number of nitrogens with two attached hydrogens (primary N) is 2. The lowest BCUT2D eigenvalue weighted by Gasteiger charge is -2.63. The molecule has 4 fully saturated rings. The quantitative estimate of drug-likeness (QED) is 0.0199. The van der Waals surface area contributed by atoms with Crippen molar-refractivity contribution in [2.45, 2.75) is 237 Å². The van der Waals surface area contributed by atoms with E-state index in [1.165, 1.54) is 43.3 Å². The van der Waals surface area contributed by atoms with Crippen LogP contribution in [0.4, 0.5) is 25.0 Å². The third kappa shape index (κ3) is 31.8. The average Bonchev–Trinajstić information content (AvgIpc) is 1.47. The maximum Gasteiger partial charge on any atom is 0.312 e. The molecule has 0 aromatic heterocycles. The fourth-order valence-electron chi connectivity index (χ4n) is 19.4. The van der Waals surface area contributed by atoms with Crippen LogP contribution in [0.1, 0.15) is 187 Å². The third-order valence-electron chi connectivity index (χ3n) is 26.7. The number of hydrogen-bond donors (Lipinski definition) is 12. The molecule has 0 radical (unpaired) electrons.